The van der Waals surface area contributed by atoms with E-state index in [0.717, 1.165) is 24.9 Å². The molecule has 3 fully saturated rings. The minimum absolute atomic E-state index is 0.170. The van der Waals surface area contributed by atoms with Crippen molar-refractivity contribution in [3.63, 3.8) is 0 Å². The van der Waals surface area contributed by atoms with Crippen LogP contribution in [-0.4, -0.2) is 79.4 Å². The Morgan fingerprint density at radius 3 is 2.85 bits per heavy atom. The van der Waals surface area contributed by atoms with E-state index in [-0.39, 0.29) is 17.5 Å². The maximum absolute atomic E-state index is 11.5. The van der Waals surface area contributed by atoms with Gasteiger partial charge in [0.25, 0.3) is 0 Å². The van der Waals surface area contributed by atoms with Gasteiger partial charge in [0.15, 0.2) is 12.1 Å². The summed E-state index contributed by atoms with van der Waals surface area (Å²) >= 11 is 0. The molecule has 3 heterocycles. The number of methoxy groups -OCH3 is 1. The van der Waals surface area contributed by atoms with E-state index in [1.54, 1.807) is 13.3 Å². The highest BCUT2D eigenvalue weighted by Crippen LogP contribution is 2.41. The van der Waals surface area contributed by atoms with Crippen molar-refractivity contribution in [3.8, 4) is 0 Å². The summed E-state index contributed by atoms with van der Waals surface area (Å²) in [6.07, 6.45) is 1.32. The third-order valence-corrected chi connectivity index (χ3v) is 6.21. The molecule has 4 rings (SSSR count). The first-order chi connectivity index (χ1) is 15.9. The van der Waals surface area contributed by atoms with Crippen molar-refractivity contribution < 1.29 is 28.6 Å². The molecule has 0 aliphatic carbocycles. The Bertz CT molecular complexity index is 822. The summed E-state index contributed by atoms with van der Waals surface area (Å²) in [5.41, 5.74) is 0.997. The number of hydrogen-bond donors (Lipinski definition) is 0. The van der Waals surface area contributed by atoms with Crippen molar-refractivity contribution in [1.82, 2.24) is 5.01 Å². The molecule has 0 amide bonds. The normalized spacial score (nSPS) is 31.8. The number of fused-ring (bicyclic) bond motifs is 1. The van der Waals surface area contributed by atoms with Gasteiger partial charge in [0.1, 0.15) is 18.3 Å². The van der Waals surface area contributed by atoms with Crippen LogP contribution in [0.4, 0.5) is 0 Å². The SMILES string of the molecule is COC[C@H]1CCCN1/N=C/[C@@H](C[N+](=O)[O-])[C@H]1O[C@@H]2OC(C)(C)O[C@@H]2[C@H]1OCc1ccccc1. The van der Waals surface area contributed by atoms with Gasteiger partial charge >= 0.3 is 0 Å². The molecule has 0 spiro atoms. The summed E-state index contributed by atoms with van der Waals surface area (Å²) in [5.74, 6) is -1.42. The number of nitrogens with zero attached hydrogens (tertiary/aromatic N) is 3. The van der Waals surface area contributed by atoms with Gasteiger partial charge in [0.2, 0.25) is 6.54 Å². The molecule has 1 aromatic carbocycles. The van der Waals surface area contributed by atoms with Crippen molar-refractivity contribution in [2.45, 2.75) is 69.7 Å². The molecule has 33 heavy (non-hydrogen) atoms. The zero-order chi connectivity index (χ0) is 23.4. The van der Waals surface area contributed by atoms with E-state index in [1.807, 2.05) is 49.2 Å². The fraction of sp³-hybridized carbons (Fsp3) is 0.696. The first-order valence-corrected chi connectivity index (χ1v) is 11.4. The van der Waals surface area contributed by atoms with Crippen LogP contribution in [0.25, 0.3) is 0 Å². The van der Waals surface area contributed by atoms with Gasteiger partial charge < -0.3 is 23.7 Å². The van der Waals surface area contributed by atoms with Crippen molar-refractivity contribution >= 4 is 6.21 Å². The number of nitro groups is 1. The van der Waals surface area contributed by atoms with Crippen molar-refractivity contribution in [2.75, 3.05) is 26.8 Å². The monoisotopic (exact) mass is 463 g/mol. The second kappa shape index (κ2) is 10.4. The summed E-state index contributed by atoms with van der Waals surface area (Å²) in [4.78, 5) is 11.2. The Hall–Kier alpha value is -2.11. The highest BCUT2D eigenvalue weighted by molar-refractivity contribution is 5.62. The van der Waals surface area contributed by atoms with Gasteiger partial charge in [-0.2, -0.15) is 5.10 Å². The third-order valence-electron chi connectivity index (χ3n) is 6.21. The summed E-state index contributed by atoms with van der Waals surface area (Å²) in [6.45, 7) is 5.00. The Labute approximate surface area is 193 Å². The molecule has 10 heteroatoms. The molecule has 0 aromatic heterocycles. The number of benzene rings is 1. The summed E-state index contributed by atoms with van der Waals surface area (Å²) in [5, 5.41) is 18.1. The standard InChI is InChI=1S/C23H33N3O7/c1-23(2)32-21-20(30-14-16-8-5-4-6-9-16)19(31-22(21)33-23)17(13-26(27)28)12-24-25-11-7-10-18(25)15-29-3/h4-6,8-9,12,17-22H,7,10-11,13-15H2,1-3H3/b24-12+/t17-,18+,19+,20-,21+,22+/m0/s1. The number of hydrazone groups is 1. The topological polar surface area (TPSA) is 105 Å². The predicted molar refractivity (Wildman–Crippen MR) is 119 cm³/mol. The molecule has 0 saturated carbocycles. The largest absolute Gasteiger partial charge is 0.382 e. The maximum atomic E-state index is 11.5. The van der Waals surface area contributed by atoms with Crippen LogP contribution in [0.2, 0.25) is 0 Å². The number of rotatable bonds is 10. The van der Waals surface area contributed by atoms with Gasteiger partial charge in [-0.3, -0.25) is 15.1 Å². The highest BCUT2D eigenvalue weighted by atomic mass is 16.8. The molecular formula is C23H33N3O7. The Morgan fingerprint density at radius 2 is 2.12 bits per heavy atom. The second-order valence-electron chi connectivity index (χ2n) is 9.19. The molecule has 0 radical (unpaired) electrons. The Balaban J connectivity index is 1.53. The lowest BCUT2D eigenvalue weighted by atomic mass is 9.97. The van der Waals surface area contributed by atoms with Crippen molar-refractivity contribution in [3.05, 3.63) is 46.0 Å². The molecule has 0 N–H and O–H groups in total. The quantitative estimate of drug-likeness (QED) is 0.296. The van der Waals surface area contributed by atoms with Crippen LogP contribution in [0.1, 0.15) is 32.3 Å². The Morgan fingerprint density at radius 1 is 1.33 bits per heavy atom. The number of hydrogen-bond acceptors (Lipinski definition) is 9. The van der Waals surface area contributed by atoms with E-state index in [0.29, 0.717) is 13.2 Å². The molecule has 182 valence electrons. The van der Waals surface area contributed by atoms with Gasteiger partial charge in [-0.05, 0) is 32.3 Å². The molecule has 6 atom stereocenters. The molecule has 3 aliphatic heterocycles. The first kappa shape index (κ1) is 24.0. The Kier molecular flexibility index (Phi) is 7.60. The average molecular weight is 464 g/mol. The number of ether oxygens (including phenoxy) is 5. The lowest BCUT2D eigenvalue weighted by molar-refractivity contribution is -0.487. The van der Waals surface area contributed by atoms with Crippen LogP contribution in [-0.2, 0) is 30.3 Å². The van der Waals surface area contributed by atoms with Crippen molar-refractivity contribution in [2.24, 2.45) is 11.0 Å². The minimum Gasteiger partial charge on any atom is -0.382 e. The fourth-order valence-corrected chi connectivity index (χ4v) is 4.72. The van der Waals surface area contributed by atoms with E-state index in [1.165, 1.54) is 0 Å². The minimum atomic E-state index is -0.815. The zero-order valence-electron chi connectivity index (χ0n) is 19.4. The molecule has 3 aliphatic rings. The smallest absolute Gasteiger partial charge is 0.214 e. The van der Waals surface area contributed by atoms with Gasteiger partial charge in [0.05, 0.1) is 25.2 Å². The van der Waals surface area contributed by atoms with E-state index in [9.17, 15) is 10.1 Å². The van der Waals surface area contributed by atoms with Crippen molar-refractivity contribution in [1.29, 1.82) is 0 Å². The lowest BCUT2D eigenvalue weighted by Gasteiger charge is -2.28. The molecule has 1 aromatic rings. The zero-order valence-corrected chi connectivity index (χ0v) is 19.4. The van der Waals surface area contributed by atoms with Crippen LogP contribution >= 0.6 is 0 Å². The van der Waals surface area contributed by atoms with Gasteiger partial charge in [0, 0.05) is 24.8 Å². The highest BCUT2D eigenvalue weighted by Gasteiger charge is 2.57. The van der Waals surface area contributed by atoms with Crippen LogP contribution in [0.3, 0.4) is 0 Å². The summed E-state index contributed by atoms with van der Waals surface area (Å²) < 4.78 is 29.7. The van der Waals surface area contributed by atoms with Crippen LogP contribution < -0.4 is 0 Å². The molecular weight excluding hydrogens is 430 g/mol. The molecule has 0 unspecified atom stereocenters. The van der Waals surface area contributed by atoms with Crippen LogP contribution in [0.15, 0.2) is 35.4 Å². The third kappa shape index (κ3) is 5.88. The second-order valence-corrected chi connectivity index (χ2v) is 9.19. The molecule has 0 bridgehead atoms. The van der Waals surface area contributed by atoms with Crippen LogP contribution in [0.5, 0.6) is 0 Å². The van der Waals surface area contributed by atoms with Crippen LogP contribution in [0, 0.1) is 16.0 Å². The average Bonchev–Trinajstić information content (AvgIpc) is 3.42. The maximum Gasteiger partial charge on any atom is 0.214 e. The van der Waals surface area contributed by atoms with Gasteiger partial charge in [-0.15, -0.1) is 0 Å². The van der Waals surface area contributed by atoms with E-state index in [4.69, 9.17) is 23.7 Å². The van der Waals surface area contributed by atoms with E-state index >= 15 is 0 Å². The van der Waals surface area contributed by atoms with E-state index in [2.05, 4.69) is 5.10 Å². The molecule has 10 nitrogen and oxygen atoms in total. The first-order valence-electron chi connectivity index (χ1n) is 11.4. The lowest BCUT2D eigenvalue weighted by Crippen LogP contribution is -2.43. The fourth-order valence-electron chi connectivity index (χ4n) is 4.72. The summed E-state index contributed by atoms with van der Waals surface area (Å²) in [6, 6.07) is 9.93. The van der Waals surface area contributed by atoms with E-state index < -0.39 is 36.3 Å². The molecule has 3 saturated heterocycles. The van der Waals surface area contributed by atoms with Gasteiger partial charge in [-0.1, -0.05) is 30.3 Å². The predicted octanol–water partition coefficient (Wildman–Crippen LogP) is 2.44. The summed E-state index contributed by atoms with van der Waals surface area (Å²) in [7, 11) is 1.66. The van der Waals surface area contributed by atoms with Gasteiger partial charge in [-0.25, -0.2) is 0 Å².